The van der Waals surface area contributed by atoms with Crippen molar-refractivity contribution in [2.45, 2.75) is 13.0 Å². The first-order valence-corrected chi connectivity index (χ1v) is 7.75. The maximum Gasteiger partial charge on any atom is 0.193 e. The monoisotopic (exact) mass is 433 g/mol. The zero-order valence-corrected chi connectivity index (χ0v) is 15.9. The average Bonchev–Trinajstić information content (AvgIpc) is 2.99. The number of hydrogen-bond acceptors (Lipinski definition) is 2. The maximum absolute atomic E-state index is 13.1. The minimum atomic E-state index is -0.213. The number of thiophene rings is 1. The molecule has 0 fully saturated rings. The van der Waals surface area contributed by atoms with Crippen LogP contribution in [-0.2, 0) is 13.0 Å². The lowest BCUT2D eigenvalue weighted by Gasteiger charge is -2.21. The number of rotatable bonds is 5. The van der Waals surface area contributed by atoms with Gasteiger partial charge in [-0.1, -0.05) is 18.2 Å². The highest BCUT2D eigenvalue weighted by atomic mass is 127. The second kappa shape index (κ2) is 9.78. The van der Waals surface area contributed by atoms with Crippen LogP contribution in [0.4, 0.5) is 4.39 Å². The average molecular weight is 433 g/mol. The first-order valence-electron chi connectivity index (χ1n) is 6.87. The molecule has 2 aromatic rings. The van der Waals surface area contributed by atoms with Crippen molar-refractivity contribution < 1.29 is 4.39 Å². The van der Waals surface area contributed by atoms with Gasteiger partial charge in [0.05, 0.1) is 0 Å². The molecule has 0 spiro atoms. The van der Waals surface area contributed by atoms with Crippen molar-refractivity contribution in [2.24, 2.45) is 4.99 Å². The minimum absolute atomic E-state index is 0. The molecule has 120 valence electrons. The summed E-state index contributed by atoms with van der Waals surface area (Å²) in [5, 5.41) is 5.35. The summed E-state index contributed by atoms with van der Waals surface area (Å²) in [5.41, 5.74) is 0.905. The van der Waals surface area contributed by atoms with Gasteiger partial charge in [-0.15, -0.1) is 35.3 Å². The van der Waals surface area contributed by atoms with E-state index in [9.17, 15) is 4.39 Å². The highest BCUT2D eigenvalue weighted by Crippen LogP contribution is 2.09. The SMILES string of the molecule is CN=C(NCc1cccc(F)c1)N(C)CCc1cccs1.I. The molecule has 1 N–H and O–H groups in total. The molecule has 3 nitrogen and oxygen atoms in total. The summed E-state index contributed by atoms with van der Waals surface area (Å²) in [5.74, 6) is 0.603. The fourth-order valence-corrected chi connectivity index (χ4v) is 2.75. The number of nitrogens with one attached hydrogen (secondary N) is 1. The van der Waals surface area contributed by atoms with Gasteiger partial charge in [-0.3, -0.25) is 4.99 Å². The molecule has 0 saturated carbocycles. The molecule has 2 rings (SSSR count). The first-order chi connectivity index (χ1) is 10.2. The predicted octanol–water partition coefficient (Wildman–Crippen LogP) is 3.76. The molecular weight excluding hydrogens is 412 g/mol. The number of aliphatic imine (C=N–C) groups is 1. The van der Waals surface area contributed by atoms with Crippen molar-refractivity contribution in [3.05, 3.63) is 58.0 Å². The minimum Gasteiger partial charge on any atom is -0.352 e. The van der Waals surface area contributed by atoms with Crippen LogP contribution < -0.4 is 5.32 Å². The van der Waals surface area contributed by atoms with Gasteiger partial charge in [-0.25, -0.2) is 4.39 Å². The van der Waals surface area contributed by atoms with Gasteiger partial charge in [-0.05, 0) is 35.6 Å². The summed E-state index contributed by atoms with van der Waals surface area (Å²) in [4.78, 5) is 7.71. The van der Waals surface area contributed by atoms with Gasteiger partial charge in [0.1, 0.15) is 5.82 Å². The molecule has 0 aliphatic rings. The second-order valence-corrected chi connectivity index (χ2v) is 5.81. The van der Waals surface area contributed by atoms with E-state index in [1.54, 1.807) is 24.5 Å². The summed E-state index contributed by atoms with van der Waals surface area (Å²) in [6.07, 6.45) is 0.995. The lowest BCUT2D eigenvalue weighted by atomic mass is 10.2. The number of nitrogens with zero attached hydrogens (tertiary/aromatic N) is 2. The van der Waals surface area contributed by atoms with E-state index in [1.165, 1.54) is 17.0 Å². The smallest absolute Gasteiger partial charge is 0.193 e. The molecule has 0 unspecified atom stereocenters. The molecule has 1 aromatic heterocycles. The van der Waals surface area contributed by atoms with Gasteiger partial charge in [0.15, 0.2) is 5.96 Å². The van der Waals surface area contributed by atoms with Crippen LogP contribution in [0.5, 0.6) is 0 Å². The Balaban J connectivity index is 0.00000242. The number of guanidine groups is 1. The van der Waals surface area contributed by atoms with Crippen LogP contribution in [0.15, 0.2) is 46.8 Å². The van der Waals surface area contributed by atoms with E-state index in [0.717, 1.165) is 24.5 Å². The van der Waals surface area contributed by atoms with Gasteiger partial charge in [0.2, 0.25) is 0 Å². The Morgan fingerprint density at radius 1 is 1.32 bits per heavy atom. The van der Waals surface area contributed by atoms with Crippen LogP contribution in [0, 0.1) is 5.82 Å². The topological polar surface area (TPSA) is 27.6 Å². The summed E-state index contributed by atoms with van der Waals surface area (Å²) in [7, 11) is 3.77. The van der Waals surface area contributed by atoms with Gasteiger partial charge >= 0.3 is 0 Å². The summed E-state index contributed by atoms with van der Waals surface area (Å²) < 4.78 is 13.1. The molecule has 0 aliphatic carbocycles. The highest BCUT2D eigenvalue weighted by molar-refractivity contribution is 14.0. The summed E-state index contributed by atoms with van der Waals surface area (Å²) >= 11 is 1.77. The van der Waals surface area contributed by atoms with E-state index in [4.69, 9.17) is 0 Å². The standard InChI is InChI=1S/C16H20FN3S.HI/c1-18-16(19-12-13-5-3-6-14(17)11-13)20(2)9-8-15-7-4-10-21-15;/h3-7,10-11H,8-9,12H2,1-2H3,(H,18,19);1H. The van der Waals surface area contributed by atoms with Crippen LogP contribution in [0.2, 0.25) is 0 Å². The third-order valence-electron chi connectivity index (χ3n) is 3.19. The zero-order valence-electron chi connectivity index (χ0n) is 12.8. The molecule has 6 heteroatoms. The quantitative estimate of drug-likeness (QED) is 0.442. The van der Waals surface area contributed by atoms with Crippen LogP contribution >= 0.6 is 35.3 Å². The molecule has 0 amide bonds. The Morgan fingerprint density at radius 2 is 2.14 bits per heavy atom. The molecule has 0 bridgehead atoms. The van der Waals surface area contributed by atoms with Gasteiger partial charge in [0, 0.05) is 32.1 Å². The van der Waals surface area contributed by atoms with Gasteiger partial charge in [-0.2, -0.15) is 0 Å². The molecule has 0 radical (unpaired) electrons. The molecule has 22 heavy (non-hydrogen) atoms. The molecule has 0 atom stereocenters. The highest BCUT2D eigenvalue weighted by Gasteiger charge is 2.06. The summed E-state index contributed by atoms with van der Waals surface area (Å²) in [6.45, 7) is 1.46. The number of hydrogen-bond donors (Lipinski definition) is 1. The van der Waals surface area contributed by atoms with Crippen molar-refractivity contribution in [3.63, 3.8) is 0 Å². The normalized spacial score (nSPS) is 11.0. The second-order valence-electron chi connectivity index (χ2n) is 4.78. The van der Waals surface area contributed by atoms with E-state index in [-0.39, 0.29) is 29.8 Å². The van der Waals surface area contributed by atoms with Crippen molar-refractivity contribution in [1.29, 1.82) is 0 Å². The first kappa shape index (κ1) is 18.9. The number of halogens is 2. The zero-order chi connectivity index (χ0) is 15.1. The Bertz CT molecular complexity index is 587. The molecule has 1 aromatic carbocycles. The van der Waals surface area contributed by atoms with Crippen molar-refractivity contribution >= 4 is 41.3 Å². The third kappa shape index (κ3) is 5.92. The van der Waals surface area contributed by atoms with Crippen LogP contribution in [0.3, 0.4) is 0 Å². The predicted molar refractivity (Wildman–Crippen MR) is 103 cm³/mol. The number of benzene rings is 1. The third-order valence-corrected chi connectivity index (χ3v) is 4.12. The Labute approximate surface area is 152 Å². The Hall–Kier alpha value is -1.15. The fraction of sp³-hybridized carbons (Fsp3) is 0.312. The molecular formula is C16H21FIN3S. The van der Waals surface area contributed by atoms with Crippen LogP contribution in [0.25, 0.3) is 0 Å². The van der Waals surface area contributed by atoms with E-state index >= 15 is 0 Å². The molecule has 0 saturated heterocycles. The lowest BCUT2D eigenvalue weighted by Crippen LogP contribution is -2.39. The van der Waals surface area contributed by atoms with Crippen molar-refractivity contribution in [3.8, 4) is 0 Å². The Kier molecular flexibility index (Phi) is 8.40. The van der Waals surface area contributed by atoms with Crippen molar-refractivity contribution in [2.75, 3.05) is 20.6 Å². The van der Waals surface area contributed by atoms with E-state index in [1.807, 2.05) is 13.1 Å². The molecule has 1 heterocycles. The van der Waals surface area contributed by atoms with E-state index in [2.05, 4.69) is 32.7 Å². The van der Waals surface area contributed by atoms with E-state index < -0.39 is 0 Å². The largest absolute Gasteiger partial charge is 0.352 e. The fourth-order valence-electron chi connectivity index (χ4n) is 2.05. The summed E-state index contributed by atoms with van der Waals surface area (Å²) in [6, 6.07) is 10.8. The van der Waals surface area contributed by atoms with Crippen LogP contribution in [0.1, 0.15) is 10.4 Å². The van der Waals surface area contributed by atoms with Gasteiger partial charge in [0.25, 0.3) is 0 Å². The Morgan fingerprint density at radius 3 is 2.77 bits per heavy atom. The van der Waals surface area contributed by atoms with E-state index in [0.29, 0.717) is 6.54 Å². The molecule has 0 aliphatic heterocycles. The van der Waals surface area contributed by atoms with Gasteiger partial charge < -0.3 is 10.2 Å². The van der Waals surface area contributed by atoms with Crippen molar-refractivity contribution in [1.82, 2.24) is 10.2 Å². The van der Waals surface area contributed by atoms with Crippen LogP contribution in [-0.4, -0.2) is 31.5 Å². The maximum atomic E-state index is 13.1. The number of likely N-dealkylation sites (N-methyl/N-ethyl adjacent to an activating group) is 1. The lowest BCUT2D eigenvalue weighted by molar-refractivity contribution is 0.486.